The van der Waals surface area contributed by atoms with Gasteiger partial charge < -0.3 is 15.2 Å². The average Bonchev–Trinajstić information content (AvgIpc) is 2.79. The van der Waals surface area contributed by atoms with E-state index in [-0.39, 0.29) is 31.5 Å². The van der Waals surface area contributed by atoms with E-state index in [1.54, 1.807) is 0 Å². The SMILES string of the molecule is NC[C@H]1CN(c2cnc3c(n2)CC(=O)CO3)C(=O)O1. The van der Waals surface area contributed by atoms with Gasteiger partial charge in [0.1, 0.15) is 18.4 Å². The lowest BCUT2D eigenvalue weighted by Gasteiger charge is -2.17. The molecule has 1 aromatic rings. The number of amides is 1. The number of hydrogen-bond donors (Lipinski definition) is 1. The topological polar surface area (TPSA) is 108 Å². The van der Waals surface area contributed by atoms with Crippen molar-refractivity contribution in [2.75, 3.05) is 24.6 Å². The van der Waals surface area contributed by atoms with Crippen LogP contribution in [0.25, 0.3) is 0 Å². The Morgan fingerprint density at radius 2 is 2.32 bits per heavy atom. The highest BCUT2D eigenvalue weighted by molar-refractivity contribution is 5.89. The van der Waals surface area contributed by atoms with E-state index in [1.807, 2.05) is 0 Å². The van der Waals surface area contributed by atoms with Crippen LogP contribution in [0.2, 0.25) is 0 Å². The zero-order valence-corrected chi connectivity index (χ0v) is 10.0. The fourth-order valence-electron chi connectivity index (χ4n) is 1.99. The van der Waals surface area contributed by atoms with Crippen LogP contribution in [0.1, 0.15) is 5.69 Å². The van der Waals surface area contributed by atoms with Crippen molar-refractivity contribution in [3.8, 4) is 5.88 Å². The van der Waals surface area contributed by atoms with Crippen molar-refractivity contribution >= 4 is 17.7 Å². The zero-order chi connectivity index (χ0) is 13.4. The Hall–Kier alpha value is -2.22. The first-order chi connectivity index (χ1) is 9.17. The van der Waals surface area contributed by atoms with E-state index in [9.17, 15) is 9.59 Å². The van der Waals surface area contributed by atoms with Gasteiger partial charge in [-0.15, -0.1) is 0 Å². The molecule has 0 aliphatic carbocycles. The standard InChI is InChI=1S/C11H12N4O4/c12-2-7-4-15(11(17)19-7)9-3-13-10-8(14-9)1-6(16)5-18-10/h3,7H,1-2,4-5,12H2/t7-/m0/s1. The van der Waals surface area contributed by atoms with Crippen molar-refractivity contribution in [2.45, 2.75) is 12.5 Å². The number of aromatic nitrogens is 2. The quantitative estimate of drug-likeness (QED) is 0.749. The van der Waals surface area contributed by atoms with Crippen molar-refractivity contribution in [3.63, 3.8) is 0 Å². The number of fused-ring (bicyclic) bond motifs is 1. The highest BCUT2D eigenvalue weighted by Gasteiger charge is 2.33. The van der Waals surface area contributed by atoms with Crippen LogP contribution < -0.4 is 15.4 Å². The van der Waals surface area contributed by atoms with Crippen LogP contribution in [0.4, 0.5) is 10.6 Å². The number of Topliss-reactive ketones (excluding diaryl/α,β-unsaturated/α-hetero) is 1. The highest BCUT2D eigenvalue weighted by Crippen LogP contribution is 2.24. The Labute approximate surface area is 108 Å². The van der Waals surface area contributed by atoms with Crippen molar-refractivity contribution < 1.29 is 19.1 Å². The van der Waals surface area contributed by atoms with Crippen molar-refractivity contribution in [1.82, 2.24) is 9.97 Å². The van der Waals surface area contributed by atoms with Crippen LogP contribution in [-0.4, -0.2) is 47.6 Å². The molecule has 0 saturated carbocycles. The van der Waals surface area contributed by atoms with Gasteiger partial charge >= 0.3 is 6.09 Å². The number of carbonyl (C=O) groups excluding carboxylic acids is 2. The normalized spacial score (nSPS) is 21.9. The number of ether oxygens (including phenoxy) is 2. The summed E-state index contributed by atoms with van der Waals surface area (Å²) in [7, 11) is 0. The highest BCUT2D eigenvalue weighted by atomic mass is 16.6. The van der Waals surface area contributed by atoms with Gasteiger partial charge in [-0.2, -0.15) is 0 Å². The molecule has 8 nitrogen and oxygen atoms in total. The molecule has 19 heavy (non-hydrogen) atoms. The Morgan fingerprint density at radius 3 is 3.05 bits per heavy atom. The van der Waals surface area contributed by atoms with E-state index in [0.717, 1.165) is 0 Å². The maximum absolute atomic E-state index is 11.7. The summed E-state index contributed by atoms with van der Waals surface area (Å²) < 4.78 is 10.2. The summed E-state index contributed by atoms with van der Waals surface area (Å²) >= 11 is 0. The molecule has 1 fully saturated rings. The van der Waals surface area contributed by atoms with E-state index in [4.69, 9.17) is 15.2 Å². The molecular formula is C11H12N4O4. The summed E-state index contributed by atoms with van der Waals surface area (Å²) in [4.78, 5) is 32.6. The number of rotatable bonds is 2. The van der Waals surface area contributed by atoms with E-state index in [2.05, 4.69) is 9.97 Å². The molecule has 2 aliphatic heterocycles. The molecule has 1 saturated heterocycles. The van der Waals surface area contributed by atoms with Gasteiger partial charge in [0.15, 0.2) is 11.6 Å². The molecule has 0 spiro atoms. The minimum atomic E-state index is -0.507. The molecule has 2 aliphatic rings. The first-order valence-electron chi connectivity index (χ1n) is 5.86. The van der Waals surface area contributed by atoms with E-state index >= 15 is 0 Å². The predicted molar refractivity (Wildman–Crippen MR) is 62.9 cm³/mol. The van der Waals surface area contributed by atoms with Crippen LogP contribution in [0.15, 0.2) is 6.20 Å². The second kappa shape index (κ2) is 4.47. The summed E-state index contributed by atoms with van der Waals surface area (Å²) in [5, 5.41) is 0. The number of hydrogen-bond acceptors (Lipinski definition) is 7. The van der Waals surface area contributed by atoms with Crippen LogP contribution in [0.5, 0.6) is 5.88 Å². The maximum atomic E-state index is 11.7. The van der Waals surface area contributed by atoms with E-state index < -0.39 is 6.09 Å². The molecule has 0 bridgehead atoms. The summed E-state index contributed by atoms with van der Waals surface area (Å²) in [6.45, 7) is 0.599. The third-order valence-corrected chi connectivity index (χ3v) is 2.94. The van der Waals surface area contributed by atoms with Gasteiger partial charge in [-0.25, -0.2) is 14.8 Å². The Morgan fingerprint density at radius 1 is 1.47 bits per heavy atom. The number of anilines is 1. The molecule has 1 amide bonds. The maximum Gasteiger partial charge on any atom is 0.416 e. The molecule has 0 aromatic carbocycles. The summed E-state index contributed by atoms with van der Waals surface area (Å²) in [6, 6.07) is 0. The molecule has 3 rings (SSSR count). The number of nitrogens with zero attached hydrogens (tertiary/aromatic N) is 3. The van der Waals surface area contributed by atoms with Gasteiger partial charge in [0.2, 0.25) is 5.88 Å². The van der Waals surface area contributed by atoms with Gasteiger partial charge in [0.25, 0.3) is 0 Å². The third-order valence-electron chi connectivity index (χ3n) is 2.94. The Balaban J connectivity index is 1.88. The lowest BCUT2D eigenvalue weighted by atomic mass is 10.2. The van der Waals surface area contributed by atoms with Crippen LogP contribution in [-0.2, 0) is 16.0 Å². The lowest BCUT2D eigenvalue weighted by molar-refractivity contribution is -0.121. The van der Waals surface area contributed by atoms with Gasteiger partial charge in [0, 0.05) is 6.54 Å². The summed E-state index contributed by atoms with van der Waals surface area (Å²) in [6.07, 6.45) is 0.740. The number of carbonyl (C=O) groups is 2. The molecule has 1 aromatic heterocycles. The largest absolute Gasteiger partial charge is 0.468 e. The smallest absolute Gasteiger partial charge is 0.416 e. The Bertz CT molecular complexity index is 547. The molecular weight excluding hydrogens is 252 g/mol. The van der Waals surface area contributed by atoms with Crippen LogP contribution in [0.3, 0.4) is 0 Å². The first kappa shape index (κ1) is 11.8. The molecule has 8 heteroatoms. The van der Waals surface area contributed by atoms with Gasteiger partial charge in [-0.05, 0) is 0 Å². The number of ketones is 1. The van der Waals surface area contributed by atoms with Crippen LogP contribution in [0, 0.1) is 0 Å². The molecule has 0 radical (unpaired) electrons. The monoisotopic (exact) mass is 264 g/mol. The van der Waals surface area contributed by atoms with E-state index in [1.165, 1.54) is 11.1 Å². The summed E-state index contributed by atoms with van der Waals surface area (Å²) in [5.41, 5.74) is 5.90. The van der Waals surface area contributed by atoms with Crippen molar-refractivity contribution in [1.29, 1.82) is 0 Å². The molecule has 2 N–H and O–H groups in total. The predicted octanol–water partition coefficient (Wildman–Crippen LogP) is -0.736. The fourth-order valence-corrected chi connectivity index (χ4v) is 1.99. The molecule has 3 heterocycles. The minimum absolute atomic E-state index is 0.0159. The fraction of sp³-hybridized carbons (Fsp3) is 0.455. The molecule has 100 valence electrons. The number of cyclic esters (lactones) is 1. The first-order valence-corrected chi connectivity index (χ1v) is 5.86. The minimum Gasteiger partial charge on any atom is -0.468 e. The van der Waals surface area contributed by atoms with Gasteiger partial charge in [-0.1, -0.05) is 0 Å². The molecule has 1 atom stereocenters. The third kappa shape index (κ3) is 2.10. The zero-order valence-electron chi connectivity index (χ0n) is 10.0. The molecule has 0 unspecified atom stereocenters. The van der Waals surface area contributed by atoms with Crippen molar-refractivity contribution in [3.05, 3.63) is 11.9 Å². The van der Waals surface area contributed by atoms with Gasteiger partial charge in [0.05, 0.1) is 19.2 Å². The Kier molecular flexibility index (Phi) is 2.79. The van der Waals surface area contributed by atoms with E-state index in [0.29, 0.717) is 23.9 Å². The second-order valence-electron chi connectivity index (χ2n) is 4.34. The van der Waals surface area contributed by atoms with Gasteiger partial charge in [-0.3, -0.25) is 9.69 Å². The van der Waals surface area contributed by atoms with Crippen LogP contribution >= 0.6 is 0 Å². The lowest BCUT2D eigenvalue weighted by Crippen LogP contribution is -2.29. The second-order valence-corrected chi connectivity index (χ2v) is 4.34. The summed E-state index contributed by atoms with van der Waals surface area (Å²) in [5.74, 6) is 0.618. The average molecular weight is 264 g/mol. The van der Waals surface area contributed by atoms with Crippen molar-refractivity contribution in [2.24, 2.45) is 5.73 Å². The number of nitrogens with two attached hydrogens (primary N) is 1.